The van der Waals surface area contributed by atoms with E-state index in [0.717, 1.165) is 16.9 Å². The quantitative estimate of drug-likeness (QED) is 0.770. The number of aromatic nitrogens is 2. The molecule has 0 amide bonds. The molecule has 96 valence electrons. The third-order valence-corrected chi connectivity index (χ3v) is 3.01. The van der Waals surface area contributed by atoms with E-state index in [1.807, 2.05) is 6.20 Å². The fourth-order valence-electron chi connectivity index (χ4n) is 1.98. The van der Waals surface area contributed by atoms with Crippen LogP contribution in [0.25, 0.3) is 16.9 Å². The van der Waals surface area contributed by atoms with Gasteiger partial charge in [-0.1, -0.05) is 12.1 Å². The topological polar surface area (TPSA) is 78.4 Å². The molecule has 2 aromatic heterocycles. The van der Waals surface area contributed by atoms with Crippen LogP contribution in [0.5, 0.6) is 0 Å². The first kappa shape index (κ1) is 11.9. The highest BCUT2D eigenvalue weighted by atomic mass is 16.4. The summed E-state index contributed by atoms with van der Waals surface area (Å²) >= 11 is 0. The van der Waals surface area contributed by atoms with Crippen LogP contribution < -0.4 is 0 Å². The summed E-state index contributed by atoms with van der Waals surface area (Å²) < 4.78 is 1.78. The highest BCUT2D eigenvalue weighted by Gasteiger charge is 2.07. The zero-order valence-electron chi connectivity index (χ0n) is 10.3. The summed E-state index contributed by atoms with van der Waals surface area (Å²) in [5.41, 5.74) is 3.10. The minimum Gasteiger partial charge on any atom is -0.478 e. The molecule has 0 atom stereocenters. The predicted molar refractivity (Wildman–Crippen MR) is 72.3 cm³/mol. The van der Waals surface area contributed by atoms with Gasteiger partial charge in [0.2, 0.25) is 0 Å². The lowest BCUT2D eigenvalue weighted by molar-refractivity contribution is 0.0697. The van der Waals surface area contributed by atoms with E-state index >= 15 is 0 Å². The van der Waals surface area contributed by atoms with E-state index < -0.39 is 5.97 Å². The zero-order valence-corrected chi connectivity index (χ0v) is 10.3. The number of fused-ring (bicyclic) bond motifs is 1. The second kappa shape index (κ2) is 4.52. The van der Waals surface area contributed by atoms with Gasteiger partial charge in [-0.05, 0) is 24.3 Å². The lowest BCUT2D eigenvalue weighted by Gasteiger charge is -1.97. The van der Waals surface area contributed by atoms with E-state index in [4.69, 9.17) is 10.4 Å². The Balaban J connectivity index is 2.05. The van der Waals surface area contributed by atoms with Crippen molar-refractivity contribution in [2.75, 3.05) is 0 Å². The van der Waals surface area contributed by atoms with Crippen molar-refractivity contribution in [3.05, 3.63) is 59.9 Å². The summed E-state index contributed by atoms with van der Waals surface area (Å²) in [5.74, 6) is -0.954. The Morgan fingerprint density at radius 2 is 1.90 bits per heavy atom. The smallest absolute Gasteiger partial charge is 0.335 e. The Hall–Kier alpha value is -3.13. The number of carboxylic acids is 1. The Bertz CT molecular complexity index is 842. The van der Waals surface area contributed by atoms with Crippen LogP contribution in [-0.2, 0) is 0 Å². The molecule has 5 heteroatoms. The molecule has 0 spiro atoms. The molecule has 20 heavy (non-hydrogen) atoms. The number of carboxylic acid groups (broad SMARTS) is 1. The highest BCUT2D eigenvalue weighted by molar-refractivity contribution is 5.88. The van der Waals surface area contributed by atoms with E-state index in [0.29, 0.717) is 5.56 Å². The van der Waals surface area contributed by atoms with Gasteiger partial charge in [0.25, 0.3) is 0 Å². The summed E-state index contributed by atoms with van der Waals surface area (Å²) in [7, 11) is 0. The molecule has 0 radical (unpaired) electrons. The van der Waals surface area contributed by atoms with Crippen LogP contribution >= 0.6 is 0 Å². The minimum absolute atomic E-state index is 0.240. The maximum atomic E-state index is 10.8. The first-order valence-corrected chi connectivity index (χ1v) is 5.90. The lowest BCUT2D eigenvalue weighted by atomic mass is 10.1. The molecule has 3 aromatic rings. The van der Waals surface area contributed by atoms with Gasteiger partial charge >= 0.3 is 5.97 Å². The number of hydrogen-bond acceptors (Lipinski definition) is 3. The van der Waals surface area contributed by atoms with E-state index in [1.54, 1.807) is 47.0 Å². The Morgan fingerprint density at radius 3 is 2.55 bits per heavy atom. The molecule has 0 aliphatic rings. The predicted octanol–water partition coefficient (Wildman–Crippen LogP) is 2.57. The monoisotopic (exact) mass is 263 g/mol. The molecule has 0 bridgehead atoms. The average Bonchev–Trinajstić information content (AvgIpc) is 2.90. The van der Waals surface area contributed by atoms with Gasteiger partial charge in [0.15, 0.2) is 0 Å². The number of aromatic carboxylic acids is 1. The molecule has 0 aliphatic heterocycles. The largest absolute Gasteiger partial charge is 0.478 e. The Kier molecular flexibility index (Phi) is 2.70. The van der Waals surface area contributed by atoms with Crippen molar-refractivity contribution >= 4 is 11.6 Å². The molecule has 0 aliphatic carbocycles. The van der Waals surface area contributed by atoms with Gasteiger partial charge < -0.3 is 9.51 Å². The van der Waals surface area contributed by atoms with Crippen LogP contribution in [0.3, 0.4) is 0 Å². The highest BCUT2D eigenvalue weighted by Crippen LogP contribution is 2.20. The second-order valence-electron chi connectivity index (χ2n) is 4.30. The van der Waals surface area contributed by atoms with Crippen molar-refractivity contribution in [3.63, 3.8) is 0 Å². The van der Waals surface area contributed by atoms with Crippen LogP contribution in [0.1, 0.15) is 15.9 Å². The number of benzene rings is 1. The van der Waals surface area contributed by atoms with Crippen LogP contribution in [0.2, 0.25) is 0 Å². The number of hydrogen-bond donors (Lipinski definition) is 1. The third kappa shape index (κ3) is 1.99. The van der Waals surface area contributed by atoms with Crippen LogP contribution in [0.15, 0.2) is 48.8 Å². The maximum Gasteiger partial charge on any atom is 0.335 e. The molecule has 0 unspecified atom stereocenters. The standard InChI is InChI=1S/C15H9N3O2/c16-7-10-1-6-14-17-13(9-18(14)8-10)11-2-4-12(5-3-11)15(19)20/h1-6,8-9H,(H,19,20). The Morgan fingerprint density at radius 1 is 1.15 bits per heavy atom. The SMILES string of the molecule is N#Cc1ccc2nc(-c3ccc(C(=O)O)cc3)cn2c1. The fraction of sp³-hybridized carbons (Fsp3) is 0. The number of nitriles is 1. The molecule has 0 saturated carbocycles. The lowest BCUT2D eigenvalue weighted by Crippen LogP contribution is -1.94. The second-order valence-corrected chi connectivity index (χ2v) is 4.30. The molecular formula is C15H9N3O2. The maximum absolute atomic E-state index is 10.8. The summed E-state index contributed by atoms with van der Waals surface area (Å²) in [4.78, 5) is 15.2. The van der Waals surface area contributed by atoms with Crippen molar-refractivity contribution in [3.8, 4) is 17.3 Å². The summed E-state index contributed by atoms with van der Waals surface area (Å²) in [6.07, 6.45) is 3.52. The van der Waals surface area contributed by atoms with Gasteiger partial charge in [-0.15, -0.1) is 0 Å². The van der Waals surface area contributed by atoms with Crippen LogP contribution in [0.4, 0.5) is 0 Å². The van der Waals surface area contributed by atoms with Gasteiger partial charge in [-0.25, -0.2) is 9.78 Å². The third-order valence-electron chi connectivity index (χ3n) is 3.01. The molecule has 5 nitrogen and oxygen atoms in total. The minimum atomic E-state index is -0.954. The number of imidazole rings is 1. The van der Waals surface area contributed by atoms with E-state index in [2.05, 4.69) is 11.1 Å². The molecule has 3 rings (SSSR count). The molecule has 1 N–H and O–H groups in total. The summed E-state index contributed by atoms with van der Waals surface area (Å²) in [5, 5.41) is 17.7. The number of pyridine rings is 1. The van der Waals surface area contributed by atoms with Crippen molar-refractivity contribution < 1.29 is 9.90 Å². The van der Waals surface area contributed by atoms with Crippen molar-refractivity contribution in [1.82, 2.24) is 9.38 Å². The zero-order chi connectivity index (χ0) is 14.1. The first-order chi connectivity index (χ1) is 9.67. The van der Waals surface area contributed by atoms with Gasteiger partial charge in [-0.3, -0.25) is 0 Å². The van der Waals surface area contributed by atoms with Crippen LogP contribution in [0, 0.1) is 11.3 Å². The van der Waals surface area contributed by atoms with Gasteiger partial charge in [0.05, 0.1) is 16.8 Å². The first-order valence-electron chi connectivity index (χ1n) is 5.90. The van der Waals surface area contributed by atoms with Gasteiger partial charge in [-0.2, -0.15) is 5.26 Å². The van der Waals surface area contributed by atoms with Crippen molar-refractivity contribution in [2.45, 2.75) is 0 Å². The molecular weight excluding hydrogens is 254 g/mol. The molecule has 0 saturated heterocycles. The number of nitrogens with zero attached hydrogens (tertiary/aromatic N) is 3. The number of carbonyl (C=O) groups is 1. The molecule has 1 aromatic carbocycles. The summed E-state index contributed by atoms with van der Waals surface area (Å²) in [6, 6.07) is 12.1. The van der Waals surface area contributed by atoms with Crippen molar-refractivity contribution in [1.29, 1.82) is 5.26 Å². The number of rotatable bonds is 2. The normalized spacial score (nSPS) is 10.3. The van der Waals surface area contributed by atoms with Gasteiger partial charge in [0, 0.05) is 18.0 Å². The Labute approximate surface area is 114 Å². The van der Waals surface area contributed by atoms with E-state index in [-0.39, 0.29) is 5.56 Å². The summed E-state index contributed by atoms with van der Waals surface area (Å²) in [6.45, 7) is 0. The molecule has 0 fully saturated rings. The van der Waals surface area contributed by atoms with Gasteiger partial charge in [0.1, 0.15) is 11.7 Å². The molecule has 2 heterocycles. The average molecular weight is 263 g/mol. The van der Waals surface area contributed by atoms with Crippen LogP contribution in [-0.4, -0.2) is 20.5 Å². The van der Waals surface area contributed by atoms with Crippen molar-refractivity contribution in [2.24, 2.45) is 0 Å². The van der Waals surface area contributed by atoms with E-state index in [9.17, 15) is 4.79 Å². The van der Waals surface area contributed by atoms with E-state index in [1.165, 1.54) is 0 Å². The fourth-order valence-corrected chi connectivity index (χ4v) is 1.98.